The van der Waals surface area contributed by atoms with E-state index in [1.807, 2.05) is 12.3 Å². The number of carbonyl (C=O) groups is 3. The van der Waals surface area contributed by atoms with Gasteiger partial charge in [0.25, 0.3) is 0 Å². The van der Waals surface area contributed by atoms with Crippen LogP contribution in [0.15, 0.2) is 79.0 Å². The SMILES string of the molecule is Cc1cccnc1[C@@]1(O)CC[C@@H]2CN(CC(c3ccccc3)c3ccccc3)C[C@@H]21.O=C(O)CC(O)(CC(=O)O)C(=O)O. The lowest BCUT2D eigenvalue weighted by molar-refractivity contribution is -0.170. The molecule has 0 unspecified atom stereocenters. The molecule has 0 spiro atoms. The highest BCUT2D eigenvalue weighted by molar-refractivity contribution is 5.88. The van der Waals surface area contributed by atoms with Crippen LogP contribution in [0.1, 0.15) is 54.0 Å². The minimum atomic E-state index is -2.74. The van der Waals surface area contributed by atoms with E-state index in [0.717, 1.165) is 43.7 Å². The van der Waals surface area contributed by atoms with E-state index in [4.69, 9.17) is 20.4 Å². The number of fused-ring (bicyclic) bond motifs is 1. The number of nitrogens with zero attached hydrogens (tertiary/aromatic N) is 2. The van der Waals surface area contributed by atoms with Crippen LogP contribution in [0.4, 0.5) is 0 Å². The fourth-order valence-electron chi connectivity index (χ4n) is 6.51. The van der Waals surface area contributed by atoms with E-state index >= 15 is 0 Å². The molecular weight excluding hydrogens is 552 g/mol. The Balaban J connectivity index is 0.000000277. The molecule has 1 aliphatic carbocycles. The first-order valence-corrected chi connectivity index (χ1v) is 14.3. The number of aliphatic hydroxyl groups is 2. The Bertz CT molecular complexity index is 1360. The summed E-state index contributed by atoms with van der Waals surface area (Å²) in [4.78, 5) is 37.7. The standard InChI is InChI=1S/C27H30N2O.C6H8O7/c1-20-9-8-16-28-26(20)27(30)15-14-23-17-29(19-25(23)27)18-24(21-10-4-2-5-11-21)22-12-6-3-7-13-22;7-3(8)1-6(13,5(11)12)2-4(9)10/h2-13,16,23-25,30H,14-15,17-19H2,1H3;13H,1-2H2,(H,7,8)(H,9,10)(H,11,12)/t23-,25+,27-;/m1./s1. The van der Waals surface area contributed by atoms with Crippen molar-refractivity contribution in [3.8, 4) is 0 Å². The van der Waals surface area contributed by atoms with E-state index in [1.54, 1.807) is 0 Å². The van der Waals surface area contributed by atoms with Gasteiger partial charge in [-0.05, 0) is 48.4 Å². The number of benzene rings is 2. The van der Waals surface area contributed by atoms with Crippen molar-refractivity contribution in [3.63, 3.8) is 0 Å². The smallest absolute Gasteiger partial charge is 0.336 e. The number of aryl methyl sites for hydroxylation is 1. The first kappa shape index (κ1) is 31.8. The van der Waals surface area contributed by atoms with Gasteiger partial charge in [-0.2, -0.15) is 0 Å². The zero-order chi connectivity index (χ0) is 31.2. The van der Waals surface area contributed by atoms with Crippen molar-refractivity contribution >= 4 is 17.9 Å². The number of hydrogen-bond donors (Lipinski definition) is 5. The number of likely N-dealkylation sites (tertiary alicyclic amines) is 1. The second kappa shape index (κ2) is 13.5. The summed E-state index contributed by atoms with van der Waals surface area (Å²) in [5, 5.41) is 45.5. The van der Waals surface area contributed by atoms with Crippen molar-refractivity contribution in [2.45, 2.75) is 49.7 Å². The van der Waals surface area contributed by atoms with Crippen LogP contribution in [-0.2, 0) is 20.0 Å². The third-order valence-electron chi connectivity index (χ3n) is 8.58. The monoisotopic (exact) mass is 590 g/mol. The molecule has 1 aromatic heterocycles. The maximum atomic E-state index is 11.7. The van der Waals surface area contributed by atoms with Crippen molar-refractivity contribution in [3.05, 3.63) is 101 Å². The lowest BCUT2D eigenvalue weighted by Crippen LogP contribution is -2.42. The molecule has 1 aliphatic heterocycles. The Morgan fingerprint density at radius 1 is 0.907 bits per heavy atom. The average molecular weight is 591 g/mol. The highest BCUT2D eigenvalue weighted by atomic mass is 16.4. The maximum absolute atomic E-state index is 11.7. The number of aromatic nitrogens is 1. The Morgan fingerprint density at radius 3 is 1.95 bits per heavy atom. The second-order valence-corrected chi connectivity index (χ2v) is 11.6. The summed E-state index contributed by atoms with van der Waals surface area (Å²) in [5.74, 6) is -3.87. The quantitative estimate of drug-likeness (QED) is 0.236. The van der Waals surface area contributed by atoms with Crippen LogP contribution < -0.4 is 0 Å². The number of aliphatic carboxylic acids is 3. The molecule has 10 heteroatoms. The molecule has 3 aromatic rings. The lowest BCUT2D eigenvalue weighted by Gasteiger charge is -2.31. The van der Waals surface area contributed by atoms with E-state index in [1.165, 1.54) is 11.1 Å². The van der Waals surface area contributed by atoms with Gasteiger partial charge in [-0.25, -0.2) is 4.79 Å². The Morgan fingerprint density at radius 2 is 1.47 bits per heavy atom. The Labute approximate surface area is 250 Å². The zero-order valence-electron chi connectivity index (χ0n) is 24.0. The van der Waals surface area contributed by atoms with E-state index in [9.17, 15) is 19.5 Å². The zero-order valence-corrected chi connectivity index (χ0v) is 24.0. The van der Waals surface area contributed by atoms with Gasteiger partial charge in [0, 0.05) is 37.7 Å². The minimum absolute atomic E-state index is 0.262. The highest BCUT2D eigenvalue weighted by Gasteiger charge is 2.53. The second-order valence-electron chi connectivity index (χ2n) is 11.6. The molecule has 2 fully saturated rings. The predicted octanol–water partition coefficient (Wildman–Crippen LogP) is 3.50. The van der Waals surface area contributed by atoms with Gasteiger partial charge in [-0.3, -0.25) is 14.6 Å². The molecule has 0 amide bonds. The third-order valence-corrected chi connectivity index (χ3v) is 8.58. The maximum Gasteiger partial charge on any atom is 0.336 e. The summed E-state index contributed by atoms with van der Waals surface area (Å²) in [6, 6.07) is 25.7. The molecule has 5 N–H and O–H groups in total. The number of hydrogen-bond acceptors (Lipinski definition) is 7. The van der Waals surface area contributed by atoms with Gasteiger partial charge in [0.05, 0.1) is 18.5 Å². The molecule has 43 heavy (non-hydrogen) atoms. The van der Waals surface area contributed by atoms with Gasteiger partial charge in [-0.1, -0.05) is 66.7 Å². The summed E-state index contributed by atoms with van der Waals surface area (Å²) < 4.78 is 0. The molecule has 2 aromatic carbocycles. The van der Waals surface area contributed by atoms with Gasteiger partial charge >= 0.3 is 17.9 Å². The van der Waals surface area contributed by atoms with E-state index in [0.29, 0.717) is 11.8 Å². The van der Waals surface area contributed by atoms with Crippen molar-refractivity contribution in [2.24, 2.45) is 11.8 Å². The molecule has 10 nitrogen and oxygen atoms in total. The summed E-state index contributed by atoms with van der Waals surface area (Å²) in [6.45, 7) is 5.06. The highest BCUT2D eigenvalue weighted by Crippen LogP contribution is 2.51. The molecule has 1 saturated heterocycles. The molecular formula is C33H38N2O8. The van der Waals surface area contributed by atoms with Crippen LogP contribution in [-0.4, -0.2) is 78.6 Å². The predicted molar refractivity (Wildman–Crippen MR) is 157 cm³/mol. The van der Waals surface area contributed by atoms with Crippen molar-refractivity contribution in [1.82, 2.24) is 9.88 Å². The number of carboxylic acids is 3. The van der Waals surface area contributed by atoms with Gasteiger partial charge in [0.2, 0.25) is 0 Å². The van der Waals surface area contributed by atoms with Crippen molar-refractivity contribution in [1.29, 1.82) is 0 Å². The van der Waals surface area contributed by atoms with Crippen LogP contribution >= 0.6 is 0 Å². The third kappa shape index (κ3) is 7.45. The molecule has 2 heterocycles. The number of carboxylic acid groups (broad SMARTS) is 3. The molecule has 0 radical (unpaired) electrons. The molecule has 1 saturated carbocycles. The fraction of sp³-hybridized carbons (Fsp3) is 0.394. The lowest BCUT2D eigenvalue weighted by atomic mass is 9.83. The minimum Gasteiger partial charge on any atom is -0.481 e. The Hall–Kier alpha value is -4.12. The van der Waals surface area contributed by atoms with Crippen LogP contribution in [0.5, 0.6) is 0 Å². The van der Waals surface area contributed by atoms with Gasteiger partial charge in [-0.15, -0.1) is 0 Å². The molecule has 5 rings (SSSR count). The average Bonchev–Trinajstić information content (AvgIpc) is 3.52. The first-order valence-electron chi connectivity index (χ1n) is 14.3. The van der Waals surface area contributed by atoms with E-state index in [2.05, 4.69) is 83.5 Å². The van der Waals surface area contributed by atoms with Gasteiger partial charge in [0.15, 0.2) is 5.60 Å². The van der Waals surface area contributed by atoms with Gasteiger partial charge < -0.3 is 30.4 Å². The van der Waals surface area contributed by atoms with Crippen LogP contribution in [0.3, 0.4) is 0 Å². The topological polar surface area (TPSA) is 168 Å². The fourth-order valence-corrected chi connectivity index (χ4v) is 6.51. The summed E-state index contributed by atoms with van der Waals surface area (Å²) >= 11 is 0. The first-order chi connectivity index (χ1) is 20.4. The molecule has 228 valence electrons. The summed E-state index contributed by atoms with van der Waals surface area (Å²) in [7, 11) is 0. The van der Waals surface area contributed by atoms with Gasteiger partial charge in [0.1, 0.15) is 5.60 Å². The van der Waals surface area contributed by atoms with Crippen LogP contribution in [0.25, 0.3) is 0 Å². The number of pyridine rings is 1. The molecule has 2 aliphatic rings. The summed E-state index contributed by atoms with van der Waals surface area (Å²) in [5.41, 5.74) is 1.18. The van der Waals surface area contributed by atoms with Crippen molar-refractivity contribution < 1.29 is 39.9 Å². The molecule has 0 bridgehead atoms. The number of rotatable bonds is 10. The largest absolute Gasteiger partial charge is 0.481 e. The molecule has 3 atom stereocenters. The summed E-state index contributed by atoms with van der Waals surface area (Å²) in [6.07, 6.45) is 1.44. The van der Waals surface area contributed by atoms with Crippen LogP contribution in [0, 0.1) is 18.8 Å². The Kier molecular flexibility index (Phi) is 9.95. The van der Waals surface area contributed by atoms with E-state index < -0.39 is 42.0 Å². The van der Waals surface area contributed by atoms with E-state index in [-0.39, 0.29) is 5.92 Å². The van der Waals surface area contributed by atoms with Crippen LogP contribution in [0.2, 0.25) is 0 Å². The van der Waals surface area contributed by atoms with Crippen molar-refractivity contribution in [2.75, 3.05) is 19.6 Å². The normalized spacial score (nSPS) is 21.6.